The van der Waals surface area contributed by atoms with Crippen LogP contribution >= 0.6 is 7.82 Å². The summed E-state index contributed by atoms with van der Waals surface area (Å²) in [6.45, 7) is 0.450. The Labute approximate surface area is 181 Å². The molecule has 2 N–H and O–H groups in total. The van der Waals surface area contributed by atoms with E-state index in [4.69, 9.17) is 9.05 Å². The van der Waals surface area contributed by atoms with Gasteiger partial charge in [-0.15, -0.1) is 0 Å². The van der Waals surface area contributed by atoms with Crippen LogP contribution in [0.25, 0.3) is 0 Å². The molecule has 0 aliphatic rings. The van der Waals surface area contributed by atoms with Crippen LogP contribution in [0.1, 0.15) is 15.9 Å². The molecule has 0 aromatic heterocycles. The highest BCUT2D eigenvalue weighted by molar-refractivity contribution is 7.46. The number of carbonyl (C=O) groups excluding carboxylic acids is 1. The first kappa shape index (κ1) is 24.6. The number of carboxylic acid groups (broad SMARTS) is 1. The lowest BCUT2D eigenvalue weighted by molar-refractivity contribution is -0.870. The lowest BCUT2D eigenvalue weighted by Crippen LogP contribution is -2.42. The monoisotopic (exact) mass is 450 g/mol. The molecular formula is C21H27N2O7P. The fraction of sp³-hybridized carbons (Fsp3) is 0.333. The number of phosphoric ester groups is 1. The average molecular weight is 450 g/mol. The van der Waals surface area contributed by atoms with Gasteiger partial charge in [-0.05, 0) is 29.8 Å². The molecule has 0 bridgehead atoms. The Morgan fingerprint density at radius 2 is 1.71 bits per heavy atom. The number of carboxylic acids is 1. The summed E-state index contributed by atoms with van der Waals surface area (Å²) < 4.78 is 22.2. The first-order valence-corrected chi connectivity index (χ1v) is 11.0. The van der Waals surface area contributed by atoms with E-state index in [0.29, 0.717) is 11.0 Å². The molecule has 2 aromatic carbocycles. The number of hydrogen-bond donors (Lipinski definition) is 2. The Morgan fingerprint density at radius 3 is 2.26 bits per heavy atom. The summed E-state index contributed by atoms with van der Waals surface area (Å²) in [4.78, 5) is 35.9. The van der Waals surface area contributed by atoms with Gasteiger partial charge in [0.1, 0.15) is 24.9 Å². The molecule has 2 rings (SSSR count). The summed E-state index contributed by atoms with van der Waals surface area (Å²) in [5, 5.41) is 11.9. The second kappa shape index (κ2) is 10.5. The topological polar surface area (TPSA) is 125 Å². The average Bonchev–Trinajstić information content (AvgIpc) is 2.67. The number of aliphatic carboxylic acids is 1. The molecule has 0 fully saturated rings. The summed E-state index contributed by atoms with van der Waals surface area (Å²) in [7, 11) is 1.15. The second-order valence-corrected chi connectivity index (χ2v) is 9.30. The number of rotatable bonds is 11. The summed E-state index contributed by atoms with van der Waals surface area (Å²) in [6, 6.07) is 13.1. The molecule has 0 saturated heterocycles. The maximum Gasteiger partial charge on any atom is 0.326 e. The van der Waals surface area contributed by atoms with Gasteiger partial charge in [-0.3, -0.25) is 9.36 Å². The standard InChI is InChI=1S/C21H27N2O7P/c1-23(2,3)13-14-29-31(27,28)30-18-11-9-17(10-12-18)20(24)22-19(21(25)26)15-16-7-5-4-6-8-16/h4-12,19H,13-15H2,1-3H3,(H2-,22,24,25,26,27,28). The van der Waals surface area contributed by atoms with Crippen LogP contribution in [0.2, 0.25) is 0 Å². The minimum absolute atomic E-state index is 0.0146. The third-order valence-corrected chi connectivity index (χ3v) is 5.16. The number of quaternary nitrogens is 1. The van der Waals surface area contributed by atoms with Crippen LogP contribution in [0, 0.1) is 0 Å². The predicted molar refractivity (Wildman–Crippen MR) is 113 cm³/mol. The number of amides is 1. The maximum atomic E-state index is 12.4. The number of benzene rings is 2. The van der Waals surface area contributed by atoms with Gasteiger partial charge >= 0.3 is 13.8 Å². The van der Waals surface area contributed by atoms with Gasteiger partial charge in [-0.25, -0.2) is 4.79 Å². The molecule has 0 heterocycles. The zero-order chi connectivity index (χ0) is 23.1. The summed E-state index contributed by atoms with van der Waals surface area (Å²) >= 11 is 0. The van der Waals surface area contributed by atoms with E-state index in [9.17, 15) is 24.2 Å². The molecular weight excluding hydrogens is 423 g/mol. The van der Waals surface area contributed by atoms with Crippen LogP contribution in [0.5, 0.6) is 5.75 Å². The number of hydrogen-bond acceptors (Lipinski definition) is 6. The number of carbonyl (C=O) groups is 2. The first-order valence-electron chi connectivity index (χ1n) is 9.58. The summed E-state index contributed by atoms with van der Waals surface area (Å²) in [6.07, 6.45) is 0.132. The zero-order valence-electron chi connectivity index (χ0n) is 17.7. The van der Waals surface area contributed by atoms with Crippen molar-refractivity contribution < 1.29 is 37.7 Å². The molecule has 2 aromatic rings. The van der Waals surface area contributed by atoms with Crippen molar-refractivity contribution in [1.82, 2.24) is 5.32 Å². The van der Waals surface area contributed by atoms with Crippen molar-refractivity contribution in [3.05, 3.63) is 65.7 Å². The lowest BCUT2D eigenvalue weighted by atomic mass is 10.1. The minimum Gasteiger partial charge on any atom is -0.746 e. The second-order valence-electron chi connectivity index (χ2n) is 7.96. The quantitative estimate of drug-likeness (QED) is 0.394. The Hall–Kier alpha value is -2.71. The van der Waals surface area contributed by atoms with Crippen molar-refractivity contribution in [3.8, 4) is 5.75 Å². The molecule has 31 heavy (non-hydrogen) atoms. The normalized spacial score (nSPS) is 14.3. The number of phosphoric acid groups is 1. The van der Waals surface area contributed by atoms with E-state index in [1.807, 2.05) is 27.2 Å². The molecule has 0 saturated carbocycles. The van der Waals surface area contributed by atoms with Crippen LogP contribution in [0.15, 0.2) is 54.6 Å². The van der Waals surface area contributed by atoms with E-state index in [1.165, 1.54) is 24.3 Å². The van der Waals surface area contributed by atoms with Gasteiger partial charge in [0.2, 0.25) is 0 Å². The van der Waals surface area contributed by atoms with E-state index < -0.39 is 25.7 Å². The summed E-state index contributed by atoms with van der Waals surface area (Å²) in [5.41, 5.74) is 0.939. The molecule has 0 radical (unpaired) electrons. The van der Waals surface area contributed by atoms with Crippen molar-refractivity contribution in [1.29, 1.82) is 0 Å². The van der Waals surface area contributed by atoms with Gasteiger partial charge in [-0.1, -0.05) is 30.3 Å². The molecule has 0 aliphatic heterocycles. The van der Waals surface area contributed by atoms with Gasteiger partial charge in [-0.2, -0.15) is 0 Å². The molecule has 168 valence electrons. The lowest BCUT2D eigenvalue weighted by Gasteiger charge is -2.27. The van der Waals surface area contributed by atoms with Crippen LogP contribution < -0.4 is 14.7 Å². The van der Waals surface area contributed by atoms with Crippen LogP contribution in [0.4, 0.5) is 0 Å². The fourth-order valence-electron chi connectivity index (χ4n) is 2.54. The highest BCUT2D eigenvalue weighted by Gasteiger charge is 2.21. The summed E-state index contributed by atoms with van der Waals surface area (Å²) in [5.74, 6) is -1.77. The number of likely N-dealkylation sites (N-methyl/N-ethyl adjacent to an activating group) is 1. The van der Waals surface area contributed by atoms with Crippen molar-refractivity contribution in [2.45, 2.75) is 12.5 Å². The number of nitrogens with one attached hydrogen (secondary N) is 1. The molecule has 1 amide bonds. The van der Waals surface area contributed by atoms with E-state index in [0.717, 1.165) is 5.56 Å². The van der Waals surface area contributed by atoms with E-state index in [1.54, 1.807) is 24.3 Å². The van der Waals surface area contributed by atoms with E-state index in [2.05, 4.69) is 5.32 Å². The highest BCUT2D eigenvalue weighted by atomic mass is 31.2. The highest BCUT2D eigenvalue weighted by Crippen LogP contribution is 2.39. The van der Waals surface area contributed by atoms with Crippen molar-refractivity contribution in [3.63, 3.8) is 0 Å². The van der Waals surface area contributed by atoms with Crippen LogP contribution in [0.3, 0.4) is 0 Å². The minimum atomic E-state index is -4.55. The molecule has 2 atom stereocenters. The first-order chi connectivity index (χ1) is 14.5. The molecule has 9 nitrogen and oxygen atoms in total. The van der Waals surface area contributed by atoms with Crippen molar-refractivity contribution >= 4 is 19.7 Å². The van der Waals surface area contributed by atoms with Crippen molar-refractivity contribution in [2.24, 2.45) is 0 Å². The smallest absolute Gasteiger partial charge is 0.326 e. The SMILES string of the molecule is C[N+](C)(C)CCOP(=O)([O-])Oc1ccc(C(=O)NC(Cc2ccccc2)C(=O)O)cc1. The maximum absolute atomic E-state index is 12.4. The van der Waals surface area contributed by atoms with Gasteiger partial charge in [0.25, 0.3) is 5.91 Å². The fourth-order valence-corrected chi connectivity index (χ4v) is 3.28. The molecule has 2 unspecified atom stereocenters. The Morgan fingerprint density at radius 1 is 1.10 bits per heavy atom. The van der Waals surface area contributed by atoms with Gasteiger partial charge < -0.3 is 28.8 Å². The van der Waals surface area contributed by atoms with Crippen LogP contribution in [-0.2, 0) is 20.3 Å². The largest absolute Gasteiger partial charge is 0.746 e. The zero-order valence-corrected chi connectivity index (χ0v) is 18.6. The Balaban J connectivity index is 1.96. The molecule has 0 aliphatic carbocycles. The third-order valence-electron chi connectivity index (χ3n) is 4.23. The van der Waals surface area contributed by atoms with E-state index in [-0.39, 0.29) is 24.3 Å². The molecule has 0 spiro atoms. The van der Waals surface area contributed by atoms with Gasteiger partial charge in [0, 0.05) is 12.0 Å². The van der Waals surface area contributed by atoms with Crippen LogP contribution in [-0.4, -0.2) is 61.8 Å². The van der Waals surface area contributed by atoms with E-state index >= 15 is 0 Å². The number of nitrogens with zero attached hydrogens (tertiary/aromatic N) is 1. The molecule has 10 heteroatoms. The Bertz CT molecular complexity index is 927. The van der Waals surface area contributed by atoms with Gasteiger partial charge in [0.15, 0.2) is 0 Å². The third kappa shape index (κ3) is 8.90. The van der Waals surface area contributed by atoms with Crippen molar-refractivity contribution in [2.75, 3.05) is 34.3 Å². The van der Waals surface area contributed by atoms with Gasteiger partial charge in [0.05, 0.1) is 21.1 Å². The predicted octanol–water partition coefficient (Wildman–Crippen LogP) is 1.68. The Kier molecular flexibility index (Phi) is 8.36.